The van der Waals surface area contributed by atoms with Gasteiger partial charge < -0.3 is 15.8 Å². The number of nitrogens with zero attached hydrogens (tertiary/aromatic N) is 1. The molecule has 3 N–H and O–H groups in total. The monoisotopic (exact) mass is 381 g/mol. The molecule has 0 saturated heterocycles. The molecule has 0 bridgehead atoms. The Labute approximate surface area is 131 Å². The van der Waals surface area contributed by atoms with Crippen LogP contribution in [0.4, 0.5) is 17.2 Å². The normalized spacial score (nSPS) is 14.1. The molecule has 2 aromatic rings. The number of anilines is 3. The zero-order chi connectivity index (χ0) is 13.9. The Bertz CT molecular complexity index is 614. The molecule has 0 aliphatic heterocycles. The Morgan fingerprint density at radius 1 is 1.30 bits per heavy atom. The first-order chi connectivity index (χ1) is 9.70. The second-order valence-corrected chi connectivity index (χ2v) is 6.23. The number of benzene rings is 1. The third kappa shape index (κ3) is 3.53. The summed E-state index contributed by atoms with van der Waals surface area (Å²) in [7, 11) is 0. The number of pyridine rings is 1. The first-order valence-corrected chi connectivity index (χ1v) is 7.70. The second kappa shape index (κ2) is 5.87. The van der Waals surface area contributed by atoms with Crippen LogP contribution in [-0.2, 0) is 0 Å². The summed E-state index contributed by atoms with van der Waals surface area (Å²) in [6.45, 7) is 0.712. The van der Waals surface area contributed by atoms with Gasteiger partial charge in [-0.15, -0.1) is 0 Å². The largest absolute Gasteiger partial charge is 0.476 e. The van der Waals surface area contributed by atoms with Gasteiger partial charge in [0.15, 0.2) is 0 Å². The SMILES string of the molecule is Nc1ccc(Nc2cccc(I)c2)nc1OCC1CC1. The van der Waals surface area contributed by atoms with E-state index in [4.69, 9.17) is 10.5 Å². The van der Waals surface area contributed by atoms with Crippen LogP contribution >= 0.6 is 22.6 Å². The molecule has 0 atom stereocenters. The highest BCUT2D eigenvalue weighted by molar-refractivity contribution is 14.1. The van der Waals surface area contributed by atoms with Crippen molar-refractivity contribution in [2.75, 3.05) is 17.7 Å². The van der Waals surface area contributed by atoms with Gasteiger partial charge in [-0.3, -0.25) is 0 Å². The maximum Gasteiger partial charge on any atom is 0.239 e. The van der Waals surface area contributed by atoms with E-state index in [1.54, 1.807) is 0 Å². The molecule has 1 saturated carbocycles. The molecule has 0 radical (unpaired) electrons. The van der Waals surface area contributed by atoms with Gasteiger partial charge in [-0.25, -0.2) is 0 Å². The first kappa shape index (κ1) is 13.5. The van der Waals surface area contributed by atoms with Gasteiger partial charge in [-0.2, -0.15) is 4.98 Å². The summed E-state index contributed by atoms with van der Waals surface area (Å²) in [6, 6.07) is 11.8. The number of rotatable bonds is 5. The number of ether oxygens (including phenoxy) is 1. The van der Waals surface area contributed by atoms with Gasteiger partial charge in [-0.1, -0.05) is 6.07 Å². The topological polar surface area (TPSA) is 60.2 Å². The number of nitrogens with one attached hydrogen (secondary N) is 1. The molecular weight excluding hydrogens is 365 g/mol. The van der Waals surface area contributed by atoms with Crippen molar-refractivity contribution in [2.24, 2.45) is 5.92 Å². The van der Waals surface area contributed by atoms with Gasteiger partial charge in [0.1, 0.15) is 5.82 Å². The van der Waals surface area contributed by atoms with Crippen LogP contribution in [0.3, 0.4) is 0 Å². The molecule has 0 amide bonds. The molecule has 0 spiro atoms. The Kier molecular flexibility index (Phi) is 3.95. The van der Waals surface area contributed by atoms with Crippen molar-refractivity contribution in [3.8, 4) is 5.88 Å². The number of nitrogens with two attached hydrogens (primary N) is 1. The quantitative estimate of drug-likeness (QED) is 0.774. The van der Waals surface area contributed by atoms with Crippen molar-refractivity contribution in [3.63, 3.8) is 0 Å². The smallest absolute Gasteiger partial charge is 0.239 e. The predicted octanol–water partition coefficient (Wildman–Crippen LogP) is 3.80. The number of hydrogen-bond acceptors (Lipinski definition) is 4. The lowest BCUT2D eigenvalue weighted by Gasteiger charge is -2.11. The molecule has 3 rings (SSSR count). The van der Waals surface area contributed by atoms with Crippen molar-refractivity contribution < 1.29 is 4.74 Å². The van der Waals surface area contributed by atoms with Gasteiger partial charge >= 0.3 is 0 Å². The molecule has 1 aromatic heterocycles. The summed E-state index contributed by atoms with van der Waals surface area (Å²) in [5, 5.41) is 3.26. The summed E-state index contributed by atoms with van der Waals surface area (Å²) in [4.78, 5) is 4.44. The molecule has 1 fully saturated rings. The highest BCUT2D eigenvalue weighted by Gasteiger charge is 2.22. The fourth-order valence-corrected chi connectivity index (χ4v) is 2.37. The number of hydrogen-bond donors (Lipinski definition) is 2. The minimum Gasteiger partial charge on any atom is -0.476 e. The zero-order valence-electron chi connectivity index (χ0n) is 11.0. The third-order valence-electron chi connectivity index (χ3n) is 3.14. The molecule has 104 valence electrons. The van der Waals surface area contributed by atoms with Crippen molar-refractivity contribution in [1.82, 2.24) is 4.98 Å². The third-order valence-corrected chi connectivity index (χ3v) is 3.81. The Hall–Kier alpha value is -1.50. The van der Waals surface area contributed by atoms with Gasteiger partial charge in [0.25, 0.3) is 0 Å². The standard InChI is InChI=1S/C15H16IN3O/c16-11-2-1-3-12(8-11)18-14-7-6-13(17)15(19-14)20-9-10-4-5-10/h1-3,6-8,10H,4-5,9,17H2,(H,18,19). The van der Waals surface area contributed by atoms with Crippen LogP contribution in [0.25, 0.3) is 0 Å². The lowest BCUT2D eigenvalue weighted by Crippen LogP contribution is -2.05. The van der Waals surface area contributed by atoms with E-state index in [0.29, 0.717) is 24.1 Å². The molecule has 1 aromatic carbocycles. The van der Waals surface area contributed by atoms with E-state index in [1.807, 2.05) is 30.3 Å². The van der Waals surface area contributed by atoms with E-state index < -0.39 is 0 Å². The zero-order valence-corrected chi connectivity index (χ0v) is 13.1. The highest BCUT2D eigenvalue weighted by Crippen LogP contribution is 2.31. The fourth-order valence-electron chi connectivity index (χ4n) is 1.83. The van der Waals surface area contributed by atoms with Crippen LogP contribution in [0, 0.1) is 9.49 Å². The summed E-state index contributed by atoms with van der Waals surface area (Å²) >= 11 is 2.28. The average Bonchev–Trinajstić information content (AvgIpc) is 3.23. The van der Waals surface area contributed by atoms with E-state index >= 15 is 0 Å². The molecule has 1 aliphatic carbocycles. The average molecular weight is 381 g/mol. The molecule has 4 nitrogen and oxygen atoms in total. The van der Waals surface area contributed by atoms with Crippen molar-refractivity contribution in [3.05, 3.63) is 40.0 Å². The van der Waals surface area contributed by atoms with Gasteiger partial charge in [-0.05, 0) is 71.7 Å². The van der Waals surface area contributed by atoms with Gasteiger partial charge in [0.2, 0.25) is 5.88 Å². The maximum absolute atomic E-state index is 5.90. The van der Waals surface area contributed by atoms with E-state index in [9.17, 15) is 0 Å². The van der Waals surface area contributed by atoms with Crippen LogP contribution in [-0.4, -0.2) is 11.6 Å². The number of halogens is 1. The van der Waals surface area contributed by atoms with Crippen LogP contribution in [0.1, 0.15) is 12.8 Å². The van der Waals surface area contributed by atoms with Crippen LogP contribution in [0.15, 0.2) is 36.4 Å². The minimum atomic E-state index is 0.521. The Morgan fingerprint density at radius 3 is 2.90 bits per heavy atom. The first-order valence-electron chi connectivity index (χ1n) is 6.62. The van der Waals surface area contributed by atoms with E-state index in [2.05, 4.69) is 39.0 Å². The minimum absolute atomic E-state index is 0.521. The van der Waals surface area contributed by atoms with Crippen molar-refractivity contribution >= 4 is 39.8 Å². The molecule has 20 heavy (non-hydrogen) atoms. The summed E-state index contributed by atoms with van der Waals surface area (Å²) < 4.78 is 6.86. The molecule has 1 aliphatic rings. The Morgan fingerprint density at radius 2 is 2.15 bits per heavy atom. The van der Waals surface area contributed by atoms with Crippen LogP contribution in [0.5, 0.6) is 5.88 Å². The Balaban J connectivity index is 1.73. The highest BCUT2D eigenvalue weighted by atomic mass is 127. The predicted molar refractivity (Wildman–Crippen MR) is 89.3 cm³/mol. The molecular formula is C15H16IN3O. The molecule has 5 heteroatoms. The van der Waals surface area contributed by atoms with E-state index in [-0.39, 0.29) is 0 Å². The van der Waals surface area contributed by atoms with Crippen molar-refractivity contribution in [1.29, 1.82) is 0 Å². The second-order valence-electron chi connectivity index (χ2n) is 4.98. The number of aromatic nitrogens is 1. The molecule has 0 unspecified atom stereocenters. The summed E-state index contributed by atoms with van der Waals surface area (Å²) in [5.74, 6) is 1.95. The van der Waals surface area contributed by atoms with E-state index in [1.165, 1.54) is 16.4 Å². The van der Waals surface area contributed by atoms with Gasteiger partial charge in [0, 0.05) is 9.26 Å². The van der Waals surface area contributed by atoms with Crippen molar-refractivity contribution in [2.45, 2.75) is 12.8 Å². The fraction of sp³-hybridized carbons (Fsp3) is 0.267. The van der Waals surface area contributed by atoms with E-state index in [0.717, 1.165) is 11.5 Å². The molecule has 1 heterocycles. The summed E-state index contributed by atoms with van der Waals surface area (Å²) in [6.07, 6.45) is 2.50. The summed E-state index contributed by atoms with van der Waals surface area (Å²) in [5.41, 5.74) is 7.48. The van der Waals surface area contributed by atoms with Crippen LogP contribution < -0.4 is 15.8 Å². The van der Waals surface area contributed by atoms with Gasteiger partial charge in [0.05, 0.1) is 12.3 Å². The lowest BCUT2D eigenvalue weighted by molar-refractivity contribution is 0.290. The number of nitrogen functional groups attached to an aromatic ring is 1. The van der Waals surface area contributed by atoms with Crippen LogP contribution in [0.2, 0.25) is 0 Å². The lowest BCUT2D eigenvalue weighted by atomic mass is 10.3. The maximum atomic E-state index is 5.90.